The molecule has 3 aromatic rings. The van der Waals surface area contributed by atoms with Gasteiger partial charge in [0.15, 0.2) is 9.84 Å². The van der Waals surface area contributed by atoms with Crippen molar-refractivity contribution < 1.29 is 17.9 Å². The number of ketones is 1. The normalized spacial score (nSPS) is 11.8. The van der Waals surface area contributed by atoms with Gasteiger partial charge in [-0.2, -0.15) is 5.10 Å². The van der Waals surface area contributed by atoms with Gasteiger partial charge in [-0.3, -0.25) is 4.79 Å². The zero-order valence-corrected chi connectivity index (χ0v) is 21.5. The molecular weight excluding hydrogens is 483 g/mol. The maximum absolute atomic E-state index is 13.5. The molecule has 0 atom stereocenters. The molecule has 0 saturated heterocycles. The highest BCUT2D eigenvalue weighted by Gasteiger charge is 2.27. The standard InChI is InChI=1S/C24H26Cl2N2O4S/c1-14(2)12-28-24(32-13-17-6-8-18(25)9-7-17)20(11-27-28)22(29)19-10-15(3)23(33(5,30)31)16(4)21(19)26/h6-11,14H,12-13H2,1-5H3. The Hall–Kier alpha value is -2.35. The van der Waals surface area contributed by atoms with Crippen LogP contribution in [0.25, 0.3) is 0 Å². The lowest BCUT2D eigenvalue weighted by molar-refractivity contribution is 0.103. The van der Waals surface area contributed by atoms with Crippen LogP contribution in [0.2, 0.25) is 10.0 Å². The molecule has 2 aromatic carbocycles. The van der Waals surface area contributed by atoms with Crippen molar-refractivity contribution in [3.63, 3.8) is 0 Å². The summed E-state index contributed by atoms with van der Waals surface area (Å²) in [6.45, 7) is 8.11. The number of carbonyl (C=O) groups excluding carboxylic acids is 1. The van der Waals surface area contributed by atoms with Crippen molar-refractivity contribution >= 4 is 38.8 Å². The van der Waals surface area contributed by atoms with Gasteiger partial charge < -0.3 is 4.74 Å². The molecule has 0 spiro atoms. The van der Waals surface area contributed by atoms with Crippen molar-refractivity contribution in [2.24, 2.45) is 5.92 Å². The molecule has 0 radical (unpaired) electrons. The highest BCUT2D eigenvalue weighted by Crippen LogP contribution is 2.33. The minimum atomic E-state index is -3.50. The van der Waals surface area contributed by atoms with Crippen molar-refractivity contribution in [3.8, 4) is 5.88 Å². The first-order chi connectivity index (χ1) is 15.4. The molecule has 0 saturated carbocycles. The number of halogens is 2. The van der Waals surface area contributed by atoms with E-state index in [-0.39, 0.29) is 39.4 Å². The smallest absolute Gasteiger partial charge is 0.223 e. The van der Waals surface area contributed by atoms with Gasteiger partial charge in [0.1, 0.15) is 12.2 Å². The number of aromatic nitrogens is 2. The molecule has 9 heteroatoms. The van der Waals surface area contributed by atoms with Crippen LogP contribution in [0.3, 0.4) is 0 Å². The van der Waals surface area contributed by atoms with E-state index in [2.05, 4.69) is 5.10 Å². The largest absolute Gasteiger partial charge is 0.472 e. The highest BCUT2D eigenvalue weighted by molar-refractivity contribution is 7.90. The van der Waals surface area contributed by atoms with Crippen LogP contribution in [-0.4, -0.2) is 30.2 Å². The first-order valence-electron chi connectivity index (χ1n) is 10.4. The number of hydrogen-bond acceptors (Lipinski definition) is 5. The van der Waals surface area contributed by atoms with Gasteiger partial charge in [0.05, 0.1) is 16.1 Å². The summed E-state index contributed by atoms with van der Waals surface area (Å²) in [6.07, 6.45) is 2.59. The van der Waals surface area contributed by atoms with Crippen LogP contribution in [0.5, 0.6) is 5.88 Å². The SMILES string of the molecule is Cc1cc(C(=O)c2cnn(CC(C)C)c2OCc2ccc(Cl)cc2)c(Cl)c(C)c1S(C)(=O)=O. The summed E-state index contributed by atoms with van der Waals surface area (Å²) in [6, 6.07) is 8.75. The van der Waals surface area contributed by atoms with Crippen LogP contribution in [0.1, 0.15) is 46.5 Å². The first kappa shape index (κ1) is 25.3. The Bertz CT molecular complexity index is 1300. The lowest BCUT2D eigenvalue weighted by Gasteiger charge is -2.15. The Kier molecular flexibility index (Phi) is 7.56. The van der Waals surface area contributed by atoms with Gasteiger partial charge in [-0.05, 0) is 54.7 Å². The monoisotopic (exact) mass is 508 g/mol. The second-order valence-electron chi connectivity index (χ2n) is 8.46. The minimum absolute atomic E-state index is 0.103. The van der Waals surface area contributed by atoms with Gasteiger partial charge in [0.2, 0.25) is 11.7 Å². The predicted octanol–water partition coefficient (Wildman–Crippen LogP) is 5.68. The Morgan fingerprint density at radius 3 is 2.33 bits per heavy atom. The summed E-state index contributed by atoms with van der Waals surface area (Å²) < 4.78 is 32.1. The molecule has 1 aromatic heterocycles. The number of nitrogens with zero attached hydrogens (tertiary/aromatic N) is 2. The van der Waals surface area contributed by atoms with E-state index in [1.165, 1.54) is 12.3 Å². The summed E-state index contributed by atoms with van der Waals surface area (Å²) in [5, 5.41) is 5.10. The number of sulfone groups is 1. The third kappa shape index (κ3) is 5.60. The van der Waals surface area contributed by atoms with Crippen molar-refractivity contribution in [2.45, 2.75) is 45.7 Å². The van der Waals surface area contributed by atoms with E-state index in [4.69, 9.17) is 27.9 Å². The van der Waals surface area contributed by atoms with Gasteiger partial charge in [-0.15, -0.1) is 0 Å². The van der Waals surface area contributed by atoms with Crippen molar-refractivity contribution in [1.82, 2.24) is 9.78 Å². The average Bonchev–Trinajstić information content (AvgIpc) is 3.10. The zero-order chi connectivity index (χ0) is 24.5. The second kappa shape index (κ2) is 9.87. The Balaban J connectivity index is 2.04. The van der Waals surface area contributed by atoms with E-state index in [0.29, 0.717) is 28.6 Å². The van der Waals surface area contributed by atoms with Gasteiger partial charge in [0.25, 0.3) is 0 Å². The molecule has 0 aliphatic heterocycles. The molecule has 0 N–H and O–H groups in total. The predicted molar refractivity (Wildman–Crippen MR) is 130 cm³/mol. The number of rotatable bonds is 8. The third-order valence-corrected chi connectivity index (χ3v) is 7.21. The third-order valence-electron chi connectivity index (χ3n) is 5.10. The summed E-state index contributed by atoms with van der Waals surface area (Å²) in [5.74, 6) is 0.224. The lowest BCUT2D eigenvalue weighted by atomic mass is 10.0. The molecule has 0 aliphatic carbocycles. The van der Waals surface area contributed by atoms with E-state index in [0.717, 1.165) is 11.8 Å². The lowest BCUT2D eigenvalue weighted by Crippen LogP contribution is -2.13. The van der Waals surface area contributed by atoms with Gasteiger partial charge in [0, 0.05) is 23.4 Å². The summed E-state index contributed by atoms with van der Waals surface area (Å²) in [4.78, 5) is 13.7. The number of aryl methyl sites for hydroxylation is 1. The molecule has 0 amide bonds. The first-order valence-corrected chi connectivity index (χ1v) is 13.0. The number of benzene rings is 2. The van der Waals surface area contributed by atoms with E-state index in [1.54, 1.807) is 30.7 Å². The van der Waals surface area contributed by atoms with Gasteiger partial charge in [-0.25, -0.2) is 13.1 Å². The number of carbonyl (C=O) groups is 1. The summed E-state index contributed by atoms with van der Waals surface area (Å²) in [7, 11) is -3.50. The highest BCUT2D eigenvalue weighted by atomic mass is 35.5. The molecule has 6 nitrogen and oxygen atoms in total. The Morgan fingerprint density at radius 1 is 1.12 bits per heavy atom. The van der Waals surface area contributed by atoms with Gasteiger partial charge >= 0.3 is 0 Å². The van der Waals surface area contributed by atoms with Crippen molar-refractivity contribution in [2.75, 3.05) is 6.26 Å². The van der Waals surface area contributed by atoms with Crippen LogP contribution < -0.4 is 4.74 Å². The fraction of sp³-hybridized carbons (Fsp3) is 0.333. The van der Waals surface area contributed by atoms with E-state index >= 15 is 0 Å². The Labute approximate surface area is 204 Å². The molecule has 0 unspecified atom stereocenters. The second-order valence-corrected chi connectivity index (χ2v) is 11.2. The van der Waals surface area contributed by atoms with Gasteiger partial charge in [-0.1, -0.05) is 49.2 Å². The Morgan fingerprint density at radius 2 is 1.76 bits per heavy atom. The molecule has 3 rings (SSSR count). The van der Waals surface area contributed by atoms with Crippen molar-refractivity contribution in [1.29, 1.82) is 0 Å². The van der Waals surface area contributed by atoms with Crippen LogP contribution in [0.15, 0.2) is 41.4 Å². The topological polar surface area (TPSA) is 78.3 Å². The fourth-order valence-electron chi connectivity index (χ4n) is 3.71. The molecule has 0 bridgehead atoms. The molecule has 0 fully saturated rings. The summed E-state index contributed by atoms with van der Waals surface area (Å²) in [5.41, 5.74) is 2.16. The number of hydrogen-bond donors (Lipinski definition) is 0. The fourth-order valence-corrected chi connectivity index (χ4v) is 5.43. The van der Waals surface area contributed by atoms with Crippen LogP contribution in [-0.2, 0) is 23.0 Å². The van der Waals surface area contributed by atoms with E-state index < -0.39 is 9.84 Å². The number of ether oxygens (including phenoxy) is 1. The summed E-state index contributed by atoms with van der Waals surface area (Å²) >= 11 is 12.4. The van der Waals surface area contributed by atoms with Crippen molar-refractivity contribution in [3.05, 3.63) is 74.4 Å². The maximum atomic E-state index is 13.5. The van der Waals surface area contributed by atoms with Crippen LogP contribution in [0, 0.1) is 19.8 Å². The molecule has 176 valence electrons. The average molecular weight is 509 g/mol. The maximum Gasteiger partial charge on any atom is 0.223 e. The zero-order valence-electron chi connectivity index (χ0n) is 19.1. The quantitative estimate of drug-likeness (QED) is 0.366. The van der Waals surface area contributed by atoms with Crippen LogP contribution in [0.4, 0.5) is 0 Å². The molecule has 1 heterocycles. The molecule has 33 heavy (non-hydrogen) atoms. The van der Waals surface area contributed by atoms with Crippen LogP contribution >= 0.6 is 23.2 Å². The van der Waals surface area contributed by atoms with E-state index in [9.17, 15) is 13.2 Å². The minimum Gasteiger partial charge on any atom is -0.472 e. The molecule has 0 aliphatic rings. The van der Waals surface area contributed by atoms with E-state index in [1.807, 2.05) is 26.0 Å². The molecular formula is C24H26Cl2N2O4S.